The molecule has 0 unspecified atom stereocenters. The number of anilines is 2. The summed E-state index contributed by atoms with van der Waals surface area (Å²) < 4.78 is 5.22. The fraction of sp³-hybridized carbons (Fsp3) is 0.667. The number of aromatic nitrogens is 2. The van der Waals surface area contributed by atoms with Gasteiger partial charge in [0.05, 0.1) is 0 Å². The molecule has 0 aromatic carbocycles. The summed E-state index contributed by atoms with van der Waals surface area (Å²) in [6.45, 7) is 2.86. The predicted molar refractivity (Wildman–Crippen MR) is 78.4 cm³/mol. The Bertz CT molecular complexity index is 387. The first kappa shape index (κ1) is 14.4. The highest BCUT2D eigenvalue weighted by atomic mass is 32.2. The number of nitrogens with two attached hydrogens (primary N) is 1. The van der Waals surface area contributed by atoms with Crippen molar-refractivity contribution in [1.29, 1.82) is 0 Å². The van der Waals surface area contributed by atoms with Gasteiger partial charge in [-0.05, 0) is 25.0 Å². The highest BCUT2D eigenvalue weighted by Gasteiger charge is 2.20. The van der Waals surface area contributed by atoms with E-state index in [2.05, 4.69) is 20.3 Å². The molecule has 6 nitrogen and oxygen atoms in total. The molecule has 0 spiro atoms. The number of hydrogen-bond donors (Lipinski definition) is 2. The Balaban J connectivity index is 2.06. The quantitative estimate of drug-likeness (QED) is 0.365. The first-order chi connectivity index (χ1) is 9.26. The Morgan fingerprint density at radius 1 is 1.47 bits per heavy atom. The topological polar surface area (TPSA) is 76.3 Å². The molecule has 1 aromatic heterocycles. The van der Waals surface area contributed by atoms with E-state index < -0.39 is 0 Å². The number of methoxy groups -OCH3 is 1. The molecule has 1 aromatic rings. The Hall–Kier alpha value is -1.05. The number of nitrogens with one attached hydrogen (secondary N) is 1. The third kappa shape index (κ3) is 3.71. The minimum atomic E-state index is 0.661. The molecule has 1 saturated heterocycles. The summed E-state index contributed by atoms with van der Waals surface area (Å²) in [7, 11) is 1.76. The number of nitrogens with zero attached hydrogens (tertiary/aromatic N) is 3. The smallest absolute Gasteiger partial charge is 0.191 e. The maximum absolute atomic E-state index is 5.45. The van der Waals surface area contributed by atoms with Crippen LogP contribution in [0.3, 0.4) is 0 Å². The number of ether oxygens (including phenoxy) is 1. The number of hydrogen-bond acceptors (Lipinski definition) is 7. The molecule has 0 atom stereocenters. The second-order valence-corrected chi connectivity index (χ2v) is 5.40. The molecule has 0 saturated carbocycles. The molecule has 0 amide bonds. The lowest BCUT2D eigenvalue weighted by Crippen LogP contribution is -2.35. The lowest BCUT2D eigenvalue weighted by molar-refractivity contribution is 0.139. The summed E-state index contributed by atoms with van der Waals surface area (Å²) in [5.41, 5.74) is 2.60. The summed E-state index contributed by atoms with van der Waals surface area (Å²) in [4.78, 5) is 11.1. The highest BCUT2D eigenvalue weighted by Crippen LogP contribution is 2.25. The number of nitrogen functional groups attached to an aromatic ring is 1. The number of hydrazine groups is 1. The highest BCUT2D eigenvalue weighted by molar-refractivity contribution is 7.98. The molecular weight excluding hydrogens is 262 g/mol. The van der Waals surface area contributed by atoms with Crippen LogP contribution in [-0.4, -0.2) is 43.0 Å². The van der Waals surface area contributed by atoms with Gasteiger partial charge in [0.15, 0.2) is 5.16 Å². The molecule has 106 valence electrons. The fourth-order valence-corrected chi connectivity index (χ4v) is 2.68. The van der Waals surface area contributed by atoms with E-state index in [1.54, 1.807) is 7.11 Å². The van der Waals surface area contributed by atoms with Crippen molar-refractivity contribution in [2.45, 2.75) is 18.0 Å². The van der Waals surface area contributed by atoms with Crippen LogP contribution >= 0.6 is 11.8 Å². The molecule has 3 N–H and O–H groups in total. The SMILES string of the molecule is COCC1CCN(c2cc(NN)nc(SC)n2)CC1. The van der Waals surface area contributed by atoms with Crippen molar-refractivity contribution in [1.82, 2.24) is 9.97 Å². The van der Waals surface area contributed by atoms with Gasteiger partial charge < -0.3 is 15.1 Å². The van der Waals surface area contributed by atoms with Gasteiger partial charge in [0.25, 0.3) is 0 Å². The molecule has 19 heavy (non-hydrogen) atoms. The van der Waals surface area contributed by atoms with Gasteiger partial charge in [0.1, 0.15) is 11.6 Å². The van der Waals surface area contributed by atoms with Gasteiger partial charge in [-0.3, -0.25) is 0 Å². The first-order valence-electron chi connectivity index (χ1n) is 6.40. The maximum atomic E-state index is 5.45. The third-order valence-electron chi connectivity index (χ3n) is 3.36. The zero-order valence-corrected chi connectivity index (χ0v) is 12.2. The van der Waals surface area contributed by atoms with Crippen molar-refractivity contribution >= 4 is 23.4 Å². The monoisotopic (exact) mass is 283 g/mol. The molecule has 1 aliphatic heterocycles. The van der Waals surface area contributed by atoms with Crippen LogP contribution in [0, 0.1) is 5.92 Å². The van der Waals surface area contributed by atoms with Crippen molar-refractivity contribution in [2.24, 2.45) is 11.8 Å². The molecule has 0 radical (unpaired) electrons. The molecule has 1 fully saturated rings. The van der Waals surface area contributed by atoms with Crippen LogP contribution in [0.1, 0.15) is 12.8 Å². The van der Waals surface area contributed by atoms with Gasteiger partial charge in [-0.15, -0.1) is 0 Å². The summed E-state index contributed by atoms with van der Waals surface area (Å²) in [5.74, 6) is 7.72. The van der Waals surface area contributed by atoms with Crippen LogP contribution in [0.4, 0.5) is 11.6 Å². The van der Waals surface area contributed by atoms with Crippen LogP contribution in [0.5, 0.6) is 0 Å². The predicted octanol–water partition coefficient (Wildman–Crippen LogP) is 1.35. The van der Waals surface area contributed by atoms with E-state index in [-0.39, 0.29) is 0 Å². The molecular formula is C12H21N5OS. The van der Waals surface area contributed by atoms with E-state index in [0.29, 0.717) is 11.7 Å². The molecule has 2 heterocycles. The Labute approximate surface area is 118 Å². The average molecular weight is 283 g/mol. The van der Waals surface area contributed by atoms with Crippen LogP contribution in [0.25, 0.3) is 0 Å². The third-order valence-corrected chi connectivity index (χ3v) is 3.91. The van der Waals surface area contributed by atoms with Gasteiger partial charge in [-0.1, -0.05) is 11.8 Å². The molecule has 1 aliphatic rings. The minimum Gasteiger partial charge on any atom is -0.384 e. The van der Waals surface area contributed by atoms with Crippen molar-refractivity contribution in [3.05, 3.63) is 6.07 Å². The molecule has 0 aliphatic carbocycles. The fourth-order valence-electron chi connectivity index (χ4n) is 2.30. The van der Waals surface area contributed by atoms with Crippen molar-refractivity contribution in [2.75, 3.05) is 43.4 Å². The van der Waals surface area contributed by atoms with Crippen molar-refractivity contribution in [3.63, 3.8) is 0 Å². The van der Waals surface area contributed by atoms with Crippen LogP contribution < -0.4 is 16.2 Å². The molecule has 2 rings (SSSR count). The zero-order valence-electron chi connectivity index (χ0n) is 11.4. The summed E-state index contributed by atoms with van der Waals surface area (Å²) in [5, 5.41) is 0.740. The Morgan fingerprint density at radius 3 is 2.79 bits per heavy atom. The zero-order chi connectivity index (χ0) is 13.7. The second-order valence-electron chi connectivity index (χ2n) is 4.63. The Morgan fingerprint density at radius 2 is 2.21 bits per heavy atom. The molecule has 0 bridgehead atoms. The molecule has 7 heteroatoms. The lowest BCUT2D eigenvalue weighted by atomic mass is 9.98. The van der Waals surface area contributed by atoms with E-state index in [1.807, 2.05) is 12.3 Å². The second kappa shape index (κ2) is 6.93. The number of thioether (sulfide) groups is 1. The van der Waals surface area contributed by atoms with Gasteiger partial charge in [0.2, 0.25) is 0 Å². The van der Waals surface area contributed by atoms with Crippen molar-refractivity contribution in [3.8, 4) is 0 Å². The van der Waals surface area contributed by atoms with Crippen LogP contribution in [0.2, 0.25) is 0 Å². The number of piperidine rings is 1. The maximum Gasteiger partial charge on any atom is 0.191 e. The van der Waals surface area contributed by atoms with E-state index in [0.717, 1.165) is 43.5 Å². The summed E-state index contributed by atoms with van der Waals surface area (Å²) >= 11 is 1.52. The average Bonchev–Trinajstić information content (AvgIpc) is 2.47. The standard InChI is InChI=1S/C12H21N5OS/c1-18-8-9-3-5-17(6-4-9)11-7-10(16-13)14-12(15-11)19-2/h7,9H,3-6,8,13H2,1-2H3,(H,14,15,16). The number of rotatable bonds is 5. The Kier molecular flexibility index (Phi) is 5.24. The summed E-state index contributed by atoms with van der Waals surface area (Å²) in [6, 6.07) is 1.90. The first-order valence-corrected chi connectivity index (χ1v) is 7.63. The van der Waals surface area contributed by atoms with Gasteiger partial charge in [-0.25, -0.2) is 15.8 Å². The van der Waals surface area contributed by atoms with E-state index >= 15 is 0 Å². The van der Waals surface area contributed by atoms with Crippen LogP contribution in [-0.2, 0) is 4.74 Å². The summed E-state index contributed by atoms with van der Waals surface area (Å²) in [6.07, 6.45) is 4.24. The van der Waals surface area contributed by atoms with Crippen molar-refractivity contribution < 1.29 is 4.74 Å². The van der Waals surface area contributed by atoms with Crippen LogP contribution in [0.15, 0.2) is 11.2 Å². The lowest BCUT2D eigenvalue weighted by Gasteiger charge is -2.32. The van der Waals surface area contributed by atoms with Gasteiger partial charge in [-0.2, -0.15) is 0 Å². The minimum absolute atomic E-state index is 0.661. The largest absolute Gasteiger partial charge is 0.384 e. The van der Waals surface area contributed by atoms with Gasteiger partial charge >= 0.3 is 0 Å². The normalized spacial score (nSPS) is 16.7. The van der Waals surface area contributed by atoms with Gasteiger partial charge in [0, 0.05) is 32.9 Å². The van der Waals surface area contributed by atoms with E-state index in [4.69, 9.17) is 10.6 Å². The van der Waals surface area contributed by atoms with E-state index in [1.165, 1.54) is 11.8 Å². The van der Waals surface area contributed by atoms with E-state index in [9.17, 15) is 0 Å².